The molecule has 7 heteroatoms. The predicted octanol–water partition coefficient (Wildman–Crippen LogP) is 2.98. The van der Waals surface area contributed by atoms with Gasteiger partial charge in [-0.15, -0.1) is 11.3 Å². The fourth-order valence-corrected chi connectivity index (χ4v) is 3.31. The molecule has 1 aromatic rings. The lowest BCUT2D eigenvalue weighted by Gasteiger charge is -2.42. The summed E-state index contributed by atoms with van der Waals surface area (Å²) in [6.07, 6.45) is 2.54. The molecule has 0 unspecified atom stereocenters. The number of carbonyl (C=O) groups excluding carboxylic acids is 1. The number of amides is 1. The van der Waals surface area contributed by atoms with E-state index in [1.54, 1.807) is 11.4 Å². The number of thiophene rings is 1. The third kappa shape index (κ3) is 5.21. The number of nitrogens with one attached hydrogen (secondary N) is 2. The number of aromatic carboxylic acids is 1. The monoisotopic (exact) mass is 340 g/mol. The Balaban J connectivity index is 1.82. The van der Waals surface area contributed by atoms with Crippen LogP contribution in [0.15, 0.2) is 11.4 Å². The zero-order chi connectivity index (χ0) is 17.1. The van der Waals surface area contributed by atoms with Crippen LogP contribution in [0, 0.1) is 0 Å². The van der Waals surface area contributed by atoms with Gasteiger partial charge in [-0.05, 0) is 46.1 Å². The highest BCUT2D eigenvalue weighted by atomic mass is 32.1. The standard InChI is InChI=1S/C16H24N2O4S/c1-15(2,3)22-14(21)18-16(5-4-6-16)10-17-8-12-7-11(9-23-12)13(19)20/h7,9,17H,4-6,8,10H2,1-3H3,(H,18,21)(H,19,20). The molecule has 23 heavy (non-hydrogen) atoms. The van der Waals surface area contributed by atoms with Gasteiger partial charge in [0.05, 0.1) is 11.1 Å². The number of carbonyl (C=O) groups is 2. The largest absolute Gasteiger partial charge is 0.478 e. The zero-order valence-electron chi connectivity index (χ0n) is 13.8. The van der Waals surface area contributed by atoms with Gasteiger partial charge in [0.2, 0.25) is 0 Å². The Labute approximate surface area is 140 Å². The van der Waals surface area contributed by atoms with Crippen LogP contribution in [0.4, 0.5) is 4.79 Å². The molecule has 1 saturated carbocycles. The number of hydrogen-bond donors (Lipinski definition) is 3. The maximum Gasteiger partial charge on any atom is 0.408 e. The first kappa shape index (κ1) is 17.7. The molecule has 1 aliphatic rings. The Hall–Kier alpha value is -1.60. The van der Waals surface area contributed by atoms with Crippen molar-refractivity contribution in [2.75, 3.05) is 6.54 Å². The van der Waals surface area contributed by atoms with E-state index in [1.165, 1.54) is 11.3 Å². The fourth-order valence-electron chi connectivity index (χ4n) is 2.48. The normalized spacial score (nSPS) is 16.5. The first-order valence-corrected chi connectivity index (χ1v) is 8.60. The minimum absolute atomic E-state index is 0.255. The topological polar surface area (TPSA) is 87.7 Å². The summed E-state index contributed by atoms with van der Waals surface area (Å²) in [7, 11) is 0. The van der Waals surface area contributed by atoms with Crippen molar-refractivity contribution in [1.29, 1.82) is 0 Å². The van der Waals surface area contributed by atoms with E-state index in [9.17, 15) is 9.59 Å². The maximum absolute atomic E-state index is 12.0. The average Bonchev–Trinajstić information content (AvgIpc) is 2.82. The van der Waals surface area contributed by atoms with E-state index in [2.05, 4.69) is 10.6 Å². The summed E-state index contributed by atoms with van der Waals surface area (Å²) in [5, 5.41) is 16.8. The molecule has 1 fully saturated rings. The molecule has 6 nitrogen and oxygen atoms in total. The van der Waals surface area contributed by atoms with Crippen LogP contribution in [0.3, 0.4) is 0 Å². The third-order valence-electron chi connectivity index (χ3n) is 3.74. The third-order valence-corrected chi connectivity index (χ3v) is 4.68. The summed E-state index contributed by atoms with van der Waals surface area (Å²) >= 11 is 1.42. The molecule has 0 spiro atoms. The number of hydrogen-bond acceptors (Lipinski definition) is 5. The van der Waals surface area contributed by atoms with Crippen LogP contribution in [-0.2, 0) is 11.3 Å². The van der Waals surface area contributed by atoms with Gasteiger partial charge in [-0.3, -0.25) is 0 Å². The number of alkyl carbamates (subject to hydrolysis) is 1. The number of ether oxygens (including phenoxy) is 1. The lowest BCUT2D eigenvalue weighted by Crippen LogP contribution is -2.59. The van der Waals surface area contributed by atoms with Crippen LogP contribution < -0.4 is 10.6 Å². The van der Waals surface area contributed by atoms with Gasteiger partial charge in [0.15, 0.2) is 0 Å². The smallest absolute Gasteiger partial charge is 0.408 e. The Morgan fingerprint density at radius 1 is 1.39 bits per heavy atom. The van der Waals surface area contributed by atoms with Crippen molar-refractivity contribution in [1.82, 2.24) is 10.6 Å². The van der Waals surface area contributed by atoms with E-state index in [1.807, 2.05) is 20.8 Å². The Morgan fingerprint density at radius 2 is 2.09 bits per heavy atom. The summed E-state index contributed by atoms with van der Waals surface area (Å²) in [4.78, 5) is 23.8. The molecule has 1 aliphatic carbocycles. The average molecular weight is 340 g/mol. The van der Waals surface area contributed by atoms with Gasteiger partial charge in [-0.25, -0.2) is 9.59 Å². The van der Waals surface area contributed by atoms with Crippen molar-refractivity contribution in [3.63, 3.8) is 0 Å². The molecule has 0 saturated heterocycles. The molecule has 0 aliphatic heterocycles. The van der Waals surface area contributed by atoms with E-state index in [0.717, 1.165) is 24.1 Å². The molecule has 0 atom stereocenters. The van der Waals surface area contributed by atoms with Gasteiger partial charge in [0, 0.05) is 23.3 Å². The van der Waals surface area contributed by atoms with Crippen molar-refractivity contribution in [2.24, 2.45) is 0 Å². The fraction of sp³-hybridized carbons (Fsp3) is 0.625. The SMILES string of the molecule is CC(C)(C)OC(=O)NC1(CNCc2cc(C(=O)O)cs2)CCC1. The maximum atomic E-state index is 12.0. The van der Waals surface area contributed by atoms with Gasteiger partial charge in [-0.2, -0.15) is 0 Å². The summed E-state index contributed by atoms with van der Waals surface area (Å²) in [5.74, 6) is -0.908. The Bertz CT molecular complexity index is 573. The summed E-state index contributed by atoms with van der Waals surface area (Å²) < 4.78 is 5.32. The summed E-state index contributed by atoms with van der Waals surface area (Å²) in [5.41, 5.74) is -0.445. The molecular weight excluding hydrogens is 316 g/mol. The van der Waals surface area contributed by atoms with Crippen LogP contribution >= 0.6 is 11.3 Å². The van der Waals surface area contributed by atoms with E-state index in [0.29, 0.717) is 18.7 Å². The second kappa shape index (κ2) is 6.88. The van der Waals surface area contributed by atoms with Crippen molar-refractivity contribution < 1.29 is 19.4 Å². The lowest BCUT2D eigenvalue weighted by atomic mass is 9.76. The molecule has 1 amide bonds. The van der Waals surface area contributed by atoms with Crippen LogP contribution in [0.25, 0.3) is 0 Å². The van der Waals surface area contributed by atoms with Gasteiger partial charge >= 0.3 is 12.1 Å². The molecule has 1 aromatic heterocycles. The van der Waals surface area contributed by atoms with E-state index >= 15 is 0 Å². The van der Waals surface area contributed by atoms with Crippen LogP contribution in [-0.4, -0.2) is 34.9 Å². The Morgan fingerprint density at radius 3 is 2.57 bits per heavy atom. The first-order chi connectivity index (χ1) is 10.7. The van der Waals surface area contributed by atoms with Crippen molar-refractivity contribution >= 4 is 23.4 Å². The van der Waals surface area contributed by atoms with Crippen LogP contribution in [0.2, 0.25) is 0 Å². The second-order valence-electron chi connectivity index (χ2n) is 6.97. The molecule has 0 bridgehead atoms. The minimum atomic E-state index is -0.908. The second-order valence-corrected chi connectivity index (χ2v) is 7.97. The predicted molar refractivity (Wildman–Crippen MR) is 88.9 cm³/mol. The zero-order valence-corrected chi connectivity index (χ0v) is 14.6. The molecule has 3 N–H and O–H groups in total. The van der Waals surface area contributed by atoms with E-state index in [4.69, 9.17) is 9.84 Å². The first-order valence-electron chi connectivity index (χ1n) is 7.72. The van der Waals surface area contributed by atoms with Gasteiger partial charge in [0.1, 0.15) is 5.60 Å². The number of carboxylic acid groups (broad SMARTS) is 1. The van der Waals surface area contributed by atoms with Crippen molar-refractivity contribution in [3.05, 3.63) is 21.9 Å². The van der Waals surface area contributed by atoms with Crippen LogP contribution in [0.5, 0.6) is 0 Å². The molecule has 128 valence electrons. The molecular formula is C16H24N2O4S. The quantitative estimate of drug-likeness (QED) is 0.741. The highest BCUT2D eigenvalue weighted by Crippen LogP contribution is 2.31. The highest BCUT2D eigenvalue weighted by Gasteiger charge is 2.39. The highest BCUT2D eigenvalue weighted by molar-refractivity contribution is 7.10. The summed E-state index contributed by atoms with van der Waals surface area (Å²) in [6.45, 7) is 6.77. The van der Waals surface area contributed by atoms with Crippen molar-refractivity contribution in [3.8, 4) is 0 Å². The van der Waals surface area contributed by atoms with Crippen LogP contribution in [0.1, 0.15) is 55.3 Å². The van der Waals surface area contributed by atoms with Crippen molar-refractivity contribution in [2.45, 2.75) is 57.7 Å². The molecule has 0 radical (unpaired) electrons. The number of carboxylic acids is 1. The van der Waals surface area contributed by atoms with E-state index in [-0.39, 0.29) is 11.6 Å². The minimum Gasteiger partial charge on any atom is -0.478 e. The Kier molecular flexibility index (Phi) is 5.31. The van der Waals surface area contributed by atoms with E-state index < -0.39 is 11.6 Å². The molecule has 1 heterocycles. The molecule has 0 aromatic carbocycles. The van der Waals surface area contributed by atoms with Gasteiger partial charge in [0.25, 0.3) is 0 Å². The lowest BCUT2D eigenvalue weighted by molar-refractivity contribution is 0.0382. The van der Waals surface area contributed by atoms with Gasteiger partial charge < -0.3 is 20.5 Å². The molecule has 2 rings (SSSR count). The van der Waals surface area contributed by atoms with Gasteiger partial charge in [-0.1, -0.05) is 0 Å². The number of rotatable bonds is 6. The summed E-state index contributed by atoms with van der Waals surface area (Å²) in [6, 6.07) is 1.68.